The molecule has 1 aromatic heterocycles. The lowest BCUT2D eigenvalue weighted by Gasteiger charge is -2.31. The molecule has 1 fully saturated rings. The van der Waals surface area contributed by atoms with E-state index in [0.717, 1.165) is 36.6 Å². The number of rotatable bonds is 4. The lowest BCUT2D eigenvalue weighted by atomic mass is 9.99. The first-order valence-electron chi connectivity index (χ1n) is 11.5. The van der Waals surface area contributed by atoms with Crippen LogP contribution >= 0.6 is 11.3 Å². The van der Waals surface area contributed by atoms with Crippen LogP contribution in [0.4, 0.5) is 11.4 Å². The monoisotopic (exact) mass is 455 g/mol. The summed E-state index contributed by atoms with van der Waals surface area (Å²) in [4.78, 5) is 34.1. The second kappa shape index (κ2) is 8.19. The highest BCUT2D eigenvalue weighted by atomic mass is 32.1. The summed E-state index contributed by atoms with van der Waals surface area (Å²) in [6.45, 7) is 3.49. The molecule has 33 heavy (non-hydrogen) atoms. The number of imide groups is 1. The van der Waals surface area contributed by atoms with Crippen LogP contribution in [-0.4, -0.2) is 36.3 Å². The third kappa shape index (κ3) is 3.45. The third-order valence-electron chi connectivity index (χ3n) is 6.85. The molecule has 0 spiro atoms. The zero-order valence-corrected chi connectivity index (χ0v) is 19.2. The van der Waals surface area contributed by atoms with Gasteiger partial charge in [-0.05, 0) is 66.1 Å². The van der Waals surface area contributed by atoms with Crippen molar-refractivity contribution in [3.63, 3.8) is 0 Å². The van der Waals surface area contributed by atoms with Crippen LogP contribution in [0, 0.1) is 0 Å². The number of hydrogen-bond acceptors (Lipinski definition) is 5. The van der Waals surface area contributed by atoms with Crippen molar-refractivity contribution in [1.29, 1.82) is 0 Å². The van der Waals surface area contributed by atoms with Crippen LogP contribution in [0.1, 0.15) is 28.8 Å². The molecule has 3 aromatic rings. The fraction of sp³-hybridized carbons (Fsp3) is 0.259. The number of anilines is 2. The molecule has 6 heteroatoms. The zero-order valence-electron chi connectivity index (χ0n) is 18.4. The normalized spacial score (nSPS) is 18.5. The third-order valence-corrected chi connectivity index (χ3v) is 7.74. The SMILES string of the molecule is O=C1C(c2cccs2)=C(N2CCc3ccccc3C2)C(=O)N1c1ccc(N2CCCC2)cc1. The topological polar surface area (TPSA) is 43.9 Å². The number of benzene rings is 2. The molecule has 1 saturated heterocycles. The number of carbonyl (C=O) groups excluding carboxylic acids is 2. The quantitative estimate of drug-likeness (QED) is 0.536. The first kappa shape index (κ1) is 20.2. The molecule has 0 aliphatic carbocycles. The number of carbonyl (C=O) groups is 2. The summed E-state index contributed by atoms with van der Waals surface area (Å²) in [6.07, 6.45) is 3.28. The van der Waals surface area contributed by atoms with Crippen molar-refractivity contribution in [3.8, 4) is 0 Å². The fourth-order valence-corrected chi connectivity index (χ4v) is 5.93. The number of hydrogen-bond donors (Lipinski definition) is 0. The van der Waals surface area contributed by atoms with E-state index >= 15 is 0 Å². The minimum Gasteiger partial charge on any atom is -0.372 e. The molecule has 0 bridgehead atoms. The Morgan fingerprint density at radius 3 is 2.15 bits per heavy atom. The molecule has 6 rings (SSSR count). The summed E-state index contributed by atoms with van der Waals surface area (Å²) in [5, 5.41) is 1.96. The lowest BCUT2D eigenvalue weighted by molar-refractivity contribution is -0.120. The van der Waals surface area contributed by atoms with Gasteiger partial charge in [-0.15, -0.1) is 11.3 Å². The van der Waals surface area contributed by atoms with E-state index in [0.29, 0.717) is 23.5 Å². The van der Waals surface area contributed by atoms with Crippen LogP contribution in [0.2, 0.25) is 0 Å². The maximum absolute atomic E-state index is 13.8. The van der Waals surface area contributed by atoms with E-state index in [1.807, 2.05) is 47.8 Å². The molecule has 3 aliphatic rings. The van der Waals surface area contributed by atoms with Crippen molar-refractivity contribution < 1.29 is 9.59 Å². The molecular formula is C27H25N3O2S. The van der Waals surface area contributed by atoms with Gasteiger partial charge in [-0.2, -0.15) is 0 Å². The van der Waals surface area contributed by atoms with Crippen molar-refractivity contribution in [1.82, 2.24) is 4.90 Å². The zero-order chi connectivity index (χ0) is 22.4. The van der Waals surface area contributed by atoms with Gasteiger partial charge in [-0.1, -0.05) is 30.3 Å². The molecule has 166 valence electrons. The molecule has 2 aromatic carbocycles. The van der Waals surface area contributed by atoms with Crippen LogP contribution < -0.4 is 9.80 Å². The molecule has 0 N–H and O–H groups in total. The Labute approximate surface area is 197 Å². The van der Waals surface area contributed by atoms with Gasteiger partial charge in [-0.25, -0.2) is 4.90 Å². The summed E-state index contributed by atoms with van der Waals surface area (Å²) in [6, 6.07) is 20.1. The Morgan fingerprint density at radius 2 is 1.42 bits per heavy atom. The van der Waals surface area contributed by atoms with Crippen molar-refractivity contribution >= 4 is 40.1 Å². The Kier molecular flexibility index (Phi) is 5.03. The van der Waals surface area contributed by atoms with Gasteiger partial charge in [0.2, 0.25) is 0 Å². The standard InChI is InChI=1S/C27H25N3O2S/c31-26-24(23-8-5-17-33-23)25(29-16-13-19-6-1-2-7-20(19)18-29)27(32)30(26)22-11-9-21(10-12-22)28-14-3-4-15-28/h1-2,5-12,17H,3-4,13-16,18H2. The van der Waals surface area contributed by atoms with E-state index in [1.165, 1.54) is 40.2 Å². The maximum Gasteiger partial charge on any atom is 0.282 e. The largest absolute Gasteiger partial charge is 0.372 e. The fourth-order valence-electron chi connectivity index (χ4n) is 5.16. The van der Waals surface area contributed by atoms with E-state index in [2.05, 4.69) is 28.0 Å². The minimum atomic E-state index is -0.231. The highest BCUT2D eigenvalue weighted by molar-refractivity contribution is 7.11. The number of amides is 2. The van der Waals surface area contributed by atoms with Crippen molar-refractivity contribution in [2.24, 2.45) is 0 Å². The van der Waals surface area contributed by atoms with Crippen LogP contribution in [-0.2, 0) is 22.6 Å². The summed E-state index contributed by atoms with van der Waals surface area (Å²) in [7, 11) is 0. The van der Waals surface area contributed by atoms with E-state index in [-0.39, 0.29) is 11.8 Å². The average molecular weight is 456 g/mol. The molecular weight excluding hydrogens is 430 g/mol. The Balaban J connectivity index is 1.36. The smallest absolute Gasteiger partial charge is 0.282 e. The molecule has 0 atom stereocenters. The first-order valence-corrected chi connectivity index (χ1v) is 12.4. The van der Waals surface area contributed by atoms with E-state index in [1.54, 1.807) is 0 Å². The molecule has 0 saturated carbocycles. The molecule has 3 aliphatic heterocycles. The average Bonchev–Trinajstić information content (AvgIpc) is 3.61. The summed E-state index contributed by atoms with van der Waals surface area (Å²) in [5.74, 6) is -0.457. The highest BCUT2D eigenvalue weighted by Gasteiger charge is 2.43. The summed E-state index contributed by atoms with van der Waals surface area (Å²) in [5.41, 5.74) is 5.37. The molecule has 5 nitrogen and oxygen atoms in total. The van der Waals surface area contributed by atoms with Crippen molar-refractivity contribution in [3.05, 3.63) is 87.7 Å². The van der Waals surface area contributed by atoms with Gasteiger partial charge in [-0.3, -0.25) is 9.59 Å². The first-order chi connectivity index (χ1) is 16.2. The van der Waals surface area contributed by atoms with Gasteiger partial charge >= 0.3 is 0 Å². The van der Waals surface area contributed by atoms with Gasteiger partial charge in [0.15, 0.2) is 0 Å². The maximum atomic E-state index is 13.8. The Morgan fingerprint density at radius 1 is 0.697 bits per heavy atom. The number of nitrogens with zero attached hydrogens (tertiary/aromatic N) is 3. The van der Waals surface area contributed by atoms with E-state index < -0.39 is 0 Å². The highest BCUT2D eigenvalue weighted by Crippen LogP contribution is 2.38. The molecule has 2 amide bonds. The van der Waals surface area contributed by atoms with Crippen LogP contribution in [0.3, 0.4) is 0 Å². The lowest BCUT2D eigenvalue weighted by Crippen LogP contribution is -2.37. The molecule has 0 unspecified atom stereocenters. The predicted molar refractivity (Wildman–Crippen MR) is 132 cm³/mol. The molecule has 4 heterocycles. The Bertz CT molecular complexity index is 1240. The van der Waals surface area contributed by atoms with E-state index in [9.17, 15) is 9.59 Å². The minimum absolute atomic E-state index is 0.225. The number of fused-ring (bicyclic) bond motifs is 1. The number of thiophene rings is 1. The van der Waals surface area contributed by atoms with Gasteiger partial charge in [0.25, 0.3) is 11.8 Å². The van der Waals surface area contributed by atoms with Gasteiger partial charge < -0.3 is 9.80 Å². The van der Waals surface area contributed by atoms with Crippen molar-refractivity contribution in [2.45, 2.75) is 25.8 Å². The predicted octanol–water partition coefficient (Wildman–Crippen LogP) is 4.69. The van der Waals surface area contributed by atoms with Crippen LogP contribution in [0.25, 0.3) is 5.57 Å². The van der Waals surface area contributed by atoms with Gasteiger partial charge in [0.1, 0.15) is 5.70 Å². The van der Waals surface area contributed by atoms with Crippen LogP contribution in [0.5, 0.6) is 0 Å². The van der Waals surface area contributed by atoms with Crippen LogP contribution in [0.15, 0.2) is 71.7 Å². The van der Waals surface area contributed by atoms with Gasteiger partial charge in [0, 0.05) is 36.7 Å². The summed E-state index contributed by atoms with van der Waals surface area (Å²) >= 11 is 1.50. The second-order valence-electron chi connectivity index (χ2n) is 8.80. The van der Waals surface area contributed by atoms with E-state index in [4.69, 9.17) is 0 Å². The Hall–Kier alpha value is -3.38. The van der Waals surface area contributed by atoms with Crippen molar-refractivity contribution in [2.75, 3.05) is 29.4 Å². The second-order valence-corrected chi connectivity index (χ2v) is 9.75. The van der Waals surface area contributed by atoms with Gasteiger partial charge in [0.05, 0.1) is 11.3 Å². The summed E-state index contributed by atoms with van der Waals surface area (Å²) < 4.78 is 0. The molecule has 0 radical (unpaired) electrons.